The second kappa shape index (κ2) is 6.01. The van der Waals surface area contributed by atoms with Crippen LogP contribution in [0.1, 0.15) is 40.8 Å². The van der Waals surface area contributed by atoms with Crippen molar-refractivity contribution >= 4 is 5.91 Å². The number of aliphatic hydroxyl groups is 1. The quantitative estimate of drug-likeness (QED) is 0.863. The van der Waals surface area contributed by atoms with E-state index in [4.69, 9.17) is 5.11 Å². The number of nitrogens with zero attached hydrogens (tertiary/aromatic N) is 4. The molecule has 1 aliphatic rings. The van der Waals surface area contributed by atoms with Crippen LogP contribution in [0.4, 0.5) is 0 Å². The molecule has 0 aromatic carbocycles. The average molecular weight is 287 g/mol. The van der Waals surface area contributed by atoms with Crippen molar-refractivity contribution in [1.29, 1.82) is 0 Å². The molecule has 1 aliphatic heterocycles. The second-order valence-electron chi connectivity index (χ2n) is 5.04. The van der Waals surface area contributed by atoms with E-state index in [0.29, 0.717) is 18.7 Å². The summed E-state index contributed by atoms with van der Waals surface area (Å²) in [6.07, 6.45) is 6.92. The molecule has 0 aliphatic carbocycles. The zero-order valence-electron chi connectivity index (χ0n) is 11.6. The van der Waals surface area contributed by atoms with Crippen molar-refractivity contribution in [3.05, 3.63) is 41.7 Å². The van der Waals surface area contributed by atoms with Gasteiger partial charge >= 0.3 is 0 Å². The highest BCUT2D eigenvalue weighted by molar-refractivity contribution is 5.92. The third-order valence-corrected chi connectivity index (χ3v) is 3.67. The lowest BCUT2D eigenvalue weighted by atomic mass is 10.1. The fourth-order valence-corrected chi connectivity index (χ4v) is 2.67. The molecule has 1 amide bonds. The first-order valence-electron chi connectivity index (χ1n) is 7.01. The van der Waals surface area contributed by atoms with E-state index < -0.39 is 0 Å². The Bertz CT molecular complexity index is 613. The van der Waals surface area contributed by atoms with Crippen LogP contribution in [0.2, 0.25) is 0 Å². The van der Waals surface area contributed by atoms with Crippen LogP contribution < -0.4 is 0 Å². The number of carbonyl (C=O) groups is 1. The third-order valence-electron chi connectivity index (χ3n) is 3.67. The monoisotopic (exact) mass is 287 g/mol. The molecule has 3 rings (SSSR count). The van der Waals surface area contributed by atoms with Gasteiger partial charge in [-0.15, -0.1) is 0 Å². The van der Waals surface area contributed by atoms with Crippen molar-refractivity contribution in [2.24, 2.45) is 0 Å². The van der Waals surface area contributed by atoms with Gasteiger partial charge in [-0.05, 0) is 18.9 Å². The first-order valence-corrected chi connectivity index (χ1v) is 7.01. The summed E-state index contributed by atoms with van der Waals surface area (Å²) in [5.41, 5.74) is 2.08. The summed E-state index contributed by atoms with van der Waals surface area (Å²) in [5.74, 6) is -0.114. The van der Waals surface area contributed by atoms with Crippen LogP contribution in [0, 0.1) is 0 Å². The maximum Gasteiger partial charge on any atom is 0.274 e. The summed E-state index contributed by atoms with van der Waals surface area (Å²) >= 11 is 0. The zero-order chi connectivity index (χ0) is 14.7. The molecule has 1 saturated heterocycles. The Morgan fingerprint density at radius 1 is 1.48 bits per heavy atom. The van der Waals surface area contributed by atoms with E-state index in [1.165, 1.54) is 12.4 Å². The molecule has 21 heavy (non-hydrogen) atoms. The molecule has 0 saturated carbocycles. The van der Waals surface area contributed by atoms with E-state index in [-0.39, 0.29) is 18.6 Å². The highest BCUT2D eigenvalue weighted by atomic mass is 16.3. The van der Waals surface area contributed by atoms with Crippen LogP contribution in [-0.2, 0) is 6.42 Å². The molecule has 7 heteroatoms. The maximum absolute atomic E-state index is 12.5. The van der Waals surface area contributed by atoms with Gasteiger partial charge in [0.25, 0.3) is 5.91 Å². The largest absolute Gasteiger partial charge is 0.396 e. The van der Waals surface area contributed by atoms with Crippen LogP contribution in [0.5, 0.6) is 0 Å². The topological polar surface area (TPSA) is 95.0 Å². The molecule has 1 atom stereocenters. The van der Waals surface area contributed by atoms with Gasteiger partial charge < -0.3 is 10.0 Å². The SMILES string of the molecule is O=C(c1cnccn1)N1CCCC1c1cc(CCO)[nH]n1. The Kier molecular flexibility index (Phi) is 3.92. The van der Waals surface area contributed by atoms with E-state index in [0.717, 1.165) is 24.2 Å². The highest BCUT2D eigenvalue weighted by Crippen LogP contribution is 2.32. The first-order chi connectivity index (χ1) is 10.3. The minimum atomic E-state index is -0.114. The van der Waals surface area contributed by atoms with Gasteiger partial charge in [-0.1, -0.05) is 0 Å². The Hall–Kier alpha value is -2.28. The number of rotatable bonds is 4. The van der Waals surface area contributed by atoms with Gasteiger partial charge in [0.15, 0.2) is 0 Å². The molecule has 2 aromatic rings. The third kappa shape index (κ3) is 2.78. The zero-order valence-corrected chi connectivity index (χ0v) is 11.6. The van der Waals surface area contributed by atoms with E-state index in [2.05, 4.69) is 20.2 Å². The summed E-state index contributed by atoms with van der Waals surface area (Å²) in [7, 11) is 0. The Morgan fingerprint density at radius 2 is 2.38 bits per heavy atom. The number of hydrogen-bond donors (Lipinski definition) is 2. The number of amides is 1. The number of likely N-dealkylation sites (tertiary alicyclic amines) is 1. The van der Waals surface area contributed by atoms with Crippen LogP contribution >= 0.6 is 0 Å². The molecule has 0 bridgehead atoms. The van der Waals surface area contributed by atoms with Crippen LogP contribution in [0.25, 0.3) is 0 Å². The first kappa shape index (κ1) is 13.7. The van der Waals surface area contributed by atoms with E-state index >= 15 is 0 Å². The molecule has 1 fully saturated rings. The normalized spacial score (nSPS) is 18.1. The Balaban J connectivity index is 1.80. The maximum atomic E-state index is 12.5. The van der Waals surface area contributed by atoms with Gasteiger partial charge in [0.2, 0.25) is 0 Å². The summed E-state index contributed by atoms with van der Waals surface area (Å²) in [6, 6.07) is 1.88. The molecular weight excluding hydrogens is 270 g/mol. The lowest BCUT2D eigenvalue weighted by molar-refractivity contribution is 0.0726. The van der Waals surface area contributed by atoms with E-state index in [1.54, 1.807) is 11.1 Å². The van der Waals surface area contributed by atoms with Crippen LogP contribution in [-0.4, -0.2) is 49.2 Å². The van der Waals surface area contributed by atoms with Crippen molar-refractivity contribution in [2.75, 3.05) is 13.2 Å². The van der Waals surface area contributed by atoms with Gasteiger partial charge in [0.05, 0.1) is 17.9 Å². The fourth-order valence-electron chi connectivity index (χ4n) is 2.67. The molecule has 3 heterocycles. The summed E-state index contributed by atoms with van der Waals surface area (Å²) in [6.45, 7) is 0.775. The molecule has 7 nitrogen and oxygen atoms in total. The lowest BCUT2D eigenvalue weighted by Gasteiger charge is -2.22. The minimum absolute atomic E-state index is 0.0387. The molecule has 110 valence electrons. The van der Waals surface area contributed by atoms with Gasteiger partial charge in [0, 0.05) is 37.7 Å². The van der Waals surface area contributed by atoms with Gasteiger partial charge in [0.1, 0.15) is 5.69 Å². The van der Waals surface area contributed by atoms with E-state index in [1.807, 2.05) is 6.07 Å². The number of carbonyl (C=O) groups excluding carboxylic acids is 1. The Morgan fingerprint density at radius 3 is 3.14 bits per heavy atom. The lowest BCUT2D eigenvalue weighted by Crippen LogP contribution is -2.31. The molecule has 2 aromatic heterocycles. The number of aromatic amines is 1. The van der Waals surface area contributed by atoms with Gasteiger partial charge in [-0.2, -0.15) is 5.10 Å². The molecule has 0 spiro atoms. The van der Waals surface area contributed by atoms with Crippen LogP contribution in [0.3, 0.4) is 0 Å². The second-order valence-corrected chi connectivity index (χ2v) is 5.04. The molecule has 0 radical (unpaired) electrons. The van der Waals surface area contributed by atoms with Crippen molar-refractivity contribution in [2.45, 2.75) is 25.3 Å². The number of H-pyrrole nitrogens is 1. The smallest absolute Gasteiger partial charge is 0.274 e. The minimum Gasteiger partial charge on any atom is -0.396 e. The summed E-state index contributed by atoms with van der Waals surface area (Å²) < 4.78 is 0. The van der Waals surface area contributed by atoms with Crippen molar-refractivity contribution in [3.8, 4) is 0 Å². The number of hydrogen-bond acceptors (Lipinski definition) is 5. The van der Waals surface area contributed by atoms with Crippen molar-refractivity contribution < 1.29 is 9.90 Å². The number of aromatic nitrogens is 4. The average Bonchev–Trinajstić information content (AvgIpc) is 3.16. The van der Waals surface area contributed by atoms with Gasteiger partial charge in [-0.25, -0.2) is 4.98 Å². The fraction of sp³-hybridized carbons (Fsp3) is 0.429. The van der Waals surface area contributed by atoms with Crippen molar-refractivity contribution in [1.82, 2.24) is 25.1 Å². The predicted octanol–water partition coefficient (Wildman–Crippen LogP) is 0.712. The van der Waals surface area contributed by atoms with E-state index in [9.17, 15) is 4.79 Å². The Labute approximate surface area is 122 Å². The molecular formula is C14H17N5O2. The van der Waals surface area contributed by atoms with Crippen LogP contribution in [0.15, 0.2) is 24.7 Å². The number of aliphatic hydroxyl groups excluding tert-OH is 1. The number of nitrogens with one attached hydrogen (secondary N) is 1. The summed E-state index contributed by atoms with van der Waals surface area (Å²) in [5, 5.41) is 16.1. The highest BCUT2D eigenvalue weighted by Gasteiger charge is 2.32. The molecule has 2 N–H and O–H groups in total. The summed E-state index contributed by atoms with van der Waals surface area (Å²) in [4.78, 5) is 22.3. The van der Waals surface area contributed by atoms with Gasteiger partial charge in [-0.3, -0.25) is 14.9 Å². The standard InChI is InChI=1S/C14H17N5O2/c20-7-3-10-8-11(18-17-10)13-2-1-6-19(13)14(21)12-9-15-4-5-16-12/h4-5,8-9,13,20H,1-3,6-7H2,(H,17,18). The molecule has 1 unspecified atom stereocenters. The van der Waals surface area contributed by atoms with Crippen molar-refractivity contribution in [3.63, 3.8) is 0 Å². The predicted molar refractivity (Wildman–Crippen MR) is 74.4 cm³/mol.